The van der Waals surface area contributed by atoms with Gasteiger partial charge in [0.05, 0.1) is 15.1 Å². The molecule has 1 fully saturated rings. The number of aromatic nitrogens is 1. The summed E-state index contributed by atoms with van der Waals surface area (Å²) in [6.45, 7) is 6.53. The number of hydrogen-bond donors (Lipinski definition) is 1. The number of nitrogens with one attached hydrogen (secondary N) is 1. The Kier molecular flexibility index (Phi) is 5.06. The number of aryl methyl sites for hydroxylation is 2. The predicted octanol–water partition coefficient (Wildman–Crippen LogP) is 4.18. The average molecular weight is 411 g/mol. The summed E-state index contributed by atoms with van der Waals surface area (Å²) in [4.78, 5) is 31.7. The third-order valence-corrected chi connectivity index (χ3v) is 5.96. The van der Waals surface area contributed by atoms with E-state index in [1.54, 1.807) is 17.0 Å². The van der Waals surface area contributed by atoms with Crippen molar-refractivity contribution in [2.45, 2.75) is 13.8 Å². The molecule has 2 heterocycles. The molecule has 1 aliphatic heterocycles. The first-order chi connectivity index (χ1) is 13.9. The Labute approximate surface area is 171 Å². The molecule has 1 aliphatic rings. The molecule has 0 radical (unpaired) electrons. The van der Waals surface area contributed by atoms with Gasteiger partial charge in [0.2, 0.25) is 0 Å². The average Bonchev–Trinajstić information content (AvgIpc) is 3.10. The molecule has 0 aliphatic carbocycles. The van der Waals surface area contributed by atoms with Crippen LogP contribution in [0.3, 0.4) is 0 Å². The van der Waals surface area contributed by atoms with Crippen molar-refractivity contribution in [1.29, 1.82) is 0 Å². The molecule has 2 aromatic carbocycles. The lowest BCUT2D eigenvalue weighted by atomic mass is 10.1. The Morgan fingerprint density at radius 1 is 1.10 bits per heavy atom. The zero-order chi connectivity index (χ0) is 20.5. The maximum Gasteiger partial charge on any atom is 0.321 e. The van der Waals surface area contributed by atoms with Crippen LogP contribution in [-0.2, 0) is 0 Å². The van der Waals surface area contributed by atoms with Gasteiger partial charge in [-0.2, -0.15) is 0 Å². The molecule has 4 rings (SSSR count). The molecule has 8 nitrogen and oxygen atoms in total. The quantitative estimate of drug-likeness (QED) is 0.516. The molecule has 0 unspecified atom stereocenters. The van der Waals surface area contributed by atoms with E-state index in [2.05, 4.69) is 21.3 Å². The second kappa shape index (κ2) is 7.67. The third kappa shape index (κ3) is 4.14. The lowest BCUT2D eigenvalue weighted by Crippen LogP contribution is -2.50. The highest BCUT2D eigenvalue weighted by Crippen LogP contribution is 2.31. The van der Waals surface area contributed by atoms with Crippen LogP contribution in [0.15, 0.2) is 36.4 Å². The fourth-order valence-electron chi connectivity index (χ4n) is 3.50. The van der Waals surface area contributed by atoms with E-state index in [0.29, 0.717) is 26.2 Å². The van der Waals surface area contributed by atoms with Crippen molar-refractivity contribution in [3.05, 3.63) is 57.6 Å². The number of nitro groups is 1. The smallest absolute Gasteiger partial charge is 0.321 e. The molecule has 1 saturated heterocycles. The minimum Gasteiger partial charge on any atom is -0.345 e. The largest absolute Gasteiger partial charge is 0.345 e. The standard InChI is InChI=1S/C20H21N5O3S/c1-13-9-14(2)11-15(10-13)21-19(26)23-5-7-24(8-6-23)20-22-17-4-3-16(25(27)28)12-18(17)29-20/h3-4,9-12H,5-8H2,1-2H3,(H,21,26). The summed E-state index contributed by atoms with van der Waals surface area (Å²) in [5.41, 5.74) is 3.86. The van der Waals surface area contributed by atoms with Crippen molar-refractivity contribution < 1.29 is 9.72 Å². The first kappa shape index (κ1) is 19.1. The van der Waals surface area contributed by atoms with Gasteiger partial charge in [-0.3, -0.25) is 10.1 Å². The second-order valence-electron chi connectivity index (χ2n) is 7.19. The molecule has 0 spiro atoms. The van der Waals surface area contributed by atoms with Crippen LogP contribution in [-0.4, -0.2) is 47.0 Å². The van der Waals surface area contributed by atoms with E-state index in [9.17, 15) is 14.9 Å². The number of nitrogens with zero attached hydrogens (tertiary/aromatic N) is 4. The molecule has 29 heavy (non-hydrogen) atoms. The topological polar surface area (TPSA) is 91.6 Å². The first-order valence-corrected chi connectivity index (χ1v) is 10.1. The minimum absolute atomic E-state index is 0.0700. The number of carbonyl (C=O) groups excluding carboxylic acids is 1. The summed E-state index contributed by atoms with van der Waals surface area (Å²) in [5, 5.41) is 14.8. The summed E-state index contributed by atoms with van der Waals surface area (Å²) in [5.74, 6) is 0. The molecule has 150 valence electrons. The van der Waals surface area contributed by atoms with Crippen molar-refractivity contribution >= 4 is 44.1 Å². The number of rotatable bonds is 3. The molecule has 3 aromatic rings. The fraction of sp³-hybridized carbons (Fsp3) is 0.300. The van der Waals surface area contributed by atoms with E-state index in [-0.39, 0.29) is 11.7 Å². The van der Waals surface area contributed by atoms with Crippen molar-refractivity contribution in [2.24, 2.45) is 0 Å². The van der Waals surface area contributed by atoms with Crippen LogP contribution in [0.25, 0.3) is 10.2 Å². The summed E-state index contributed by atoms with van der Waals surface area (Å²) >= 11 is 1.44. The SMILES string of the molecule is Cc1cc(C)cc(NC(=O)N2CCN(c3nc4ccc([N+](=O)[O-])cc4s3)CC2)c1. The Morgan fingerprint density at radius 3 is 2.45 bits per heavy atom. The number of fused-ring (bicyclic) bond motifs is 1. The number of thiazole rings is 1. The first-order valence-electron chi connectivity index (χ1n) is 9.33. The van der Waals surface area contributed by atoms with Crippen molar-refractivity contribution in [3.63, 3.8) is 0 Å². The Morgan fingerprint density at radius 2 is 1.79 bits per heavy atom. The van der Waals surface area contributed by atoms with Gasteiger partial charge in [-0.25, -0.2) is 9.78 Å². The summed E-state index contributed by atoms with van der Waals surface area (Å²) in [7, 11) is 0. The zero-order valence-corrected chi connectivity index (χ0v) is 17.0. The van der Waals surface area contributed by atoms with Crippen LogP contribution in [0.2, 0.25) is 0 Å². The number of non-ortho nitro benzene ring substituents is 1. The van der Waals surface area contributed by atoms with Crippen molar-refractivity contribution in [3.8, 4) is 0 Å². The number of carbonyl (C=O) groups is 1. The number of urea groups is 1. The van der Waals surface area contributed by atoms with Crippen LogP contribution in [0.1, 0.15) is 11.1 Å². The van der Waals surface area contributed by atoms with E-state index >= 15 is 0 Å². The van der Waals surface area contributed by atoms with E-state index in [4.69, 9.17) is 0 Å². The highest BCUT2D eigenvalue weighted by molar-refractivity contribution is 7.22. The number of amides is 2. The van der Waals surface area contributed by atoms with Crippen LogP contribution >= 0.6 is 11.3 Å². The predicted molar refractivity (Wildman–Crippen MR) is 115 cm³/mol. The maximum absolute atomic E-state index is 12.6. The van der Waals surface area contributed by atoms with Gasteiger partial charge in [0.25, 0.3) is 5.69 Å². The Balaban J connectivity index is 1.40. The molecule has 0 saturated carbocycles. The van der Waals surface area contributed by atoms with E-state index in [1.165, 1.54) is 17.4 Å². The number of hydrogen-bond acceptors (Lipinski definition) is 6. The van der Waals surface area contributed by atoms with Crippen molar-refractivity contribution in [1.82, 2.24) is 9.88 Å². The Hall–Kier alpha value is -3.20. The molecule has 0 bridgehead atoms. The number of benzene rings is 2. The third-order valence-electron chi connectivity index (χ3n) is 4.88. The summed E-state index contributed by atoms with van der Waals surface area (Å²) < 4.78 is 0.796. The van der Waals surface area contributed by atoms with Crippen LogP contribution < -0.4 is 10.2 Å². The van der Waals surface area contributed by atoms with Gasteiger partial charge >= 0.3 is 6.03 Å². The van der Waals surface area contributed by atoms with Crippen molar-refractivity contribution in [2.75, 3.05) is 36.4 Å². The molecule has 1 aromatic heterocycles. The van der Waals surface area contributed by atoms with Gasteiger partial charge in [0.15, 0.2) is 5.13 Å². The Bertz CT molecular complexity index is 1070. The fourth-order valence-corrected chi connectivity index (χ4v) is 4.55. The highest BCUT2D eigenvalue weighted by Gasteiger charge is 2.23. The zero-order valence-electron chi connectivity index (χ0n) is 16.2. The number of piperazine rings is 1. The van der Waals surface area contributed by atoms with Crippen LogP contribution in [0, 0.1) is 24.0 Å². The molecule has 2 amide bonds. The molecular formula is C20H21N5O3S. The number of nitro benzene ring substituents is 1. The molecule has 9 heteroatoms. The van der Waals surface area contributed by atoms with Gasteiger partial charge in [-0.05, 0) is 43.2 Å². The van der Waals surface area contributed by atoms with Gasteiger partial charge in [0, 0.05) is 44.0 Å². The molecule has 1 N–H and O–H groups in total. The van der Waals surface area contributed by atoms with E-state index in [0.717, 1.165) is 32.2 Å². The van der Waals surface area contributed by atoms with Gasteiger partial charge in [-0.1, -0.05) is 17.4 Å². The molecule has 0 atom stereocenters. The van der Waals surface area contributed by atoms with Gasteiger partial charge in [-0.15, -0.1) is 0 Å². The van der Waals surface area contributed by atoms with Crippen LogP contribution in [0.4, 0.5) is 21.3 Å². The lowest BCUT2D eigenvalue weighted by Gasteiger charge is -2.34. The van der Waals surface area contributed by atoms with E-state index in [1.807, 2.05) is 26.0 Å². The highest BCUT2D eigenvalue weighted by atomic mass is 32.1. The summed E-state index contributed by atoms with van der Waals surface area (Å²) in [6, 6.07) is 10.6. The van der Waals surface area contributed by atoms with Gasteiger partial charge in [0.1, 0.15) is 0 Å². The van der Waals surface area contributed by atoms with Gasteiger partial charge < -0.3 is 15.1 Å². The van der Waals surface area contributed by atoms with E-state index < -0.39 is 4.92 Å². The normalized spacial score (nSPS) is 14.3. The second-order valence-corrected chi connectivity index (χ2v) is 8.20. The maximum atomic E-state index is 12.6. The van der Waals surface area contributed by atoms with Crippen LogP contribution in [0.5, 0.6) is 0 Å². The monoisotopic (exact) mass is 411 g/mol. The number of anilines is 2. The molecular weight excluding hydrogens is 390 g/mol. The minimum atomic E-state index is -0.397. The lowest BCUT2D eigenvalue weighted by molar-refractivity contribution is -0.384. The summed E-state index contributed by atoms with van der Waals surface area (Å²) in [6.07, 6.45) is 0.